The number of rotatable bonds is 7. The molecule has 4 unspecified atom stereocenters. The molecule has 1 N–H and O–H groups in total. The van der Waals surface area contributed by atoms with Crippen LogP contribution < -0.4 is 5.32 Å². The van der Waals surface area contributed by atoms with Crippen LogP contribution in [0.5, 0.6) is 0 Å². The molecule has 0 spiro atoms. The van der Waals surface area contributed by atoms with Gasteiger partial charge in [0.15, 0.2) is 0 Å². The lowest BCUT2D eigenvalue weighted by Crippen LogP contribution is -2.38. The van der Waals surface area contributed by atoms with E-state index in [0.717, 1.165) is 12.5 Å². The minimum Gasteiger partial charge on any atom is -0.377 e. The molecular formula is C15H31NO. The van der Waals surface area contributed by atoms with Crippen LogP contribution in [-0.4, -0.2) is 25.8 Å². The number of ether oxygens (including phenoxy) is 1. The van der Waals surface area contributed by atoms with E-state index in [4.69, 9.17) is 4.74 Å². The fourth-order valence-corrected chi connectivity index (χ4v) is 2.82. The lowest BCUT2D eigenvalue weighted by atomic mass is 9.85. The topological polar surface area (TPSA) is 21.3 Å². The Morgan fingerprint density at radius 2 is 2.06 bits per heavy atom. The van der Waals surface area contributed by atoms with E-state index in [1.54, 1.807) is 0 Å². The number of hydrogen-bond acceptors (Lipinski definition) is 2. The molecule has 102 valence electrons. The van der Waals surface area contributed by atoms with Gasteiger partial charge in [-0.1, -0.05) is 46.5 Å². The molecule has 0 aromatic heterocycles. The highest BCUT2D eigenvalue weighted by Gasteiger charge is 2.23. The van der Waals surface area contributed by atoms with Crippen LogP contribution in [0.1, 0.15) is 59.3 Å². The van der Waals surface area contributed by atoms with E-state index >= 15 is 0 Å². The van der Waals surface area contributed by atoms with Crippen LogP contribution in [-0.2, 0) is 4.74 Å². The molecule has 2 heteroatoms. The summed E-state index contributed by atoms with van der Waals surface area (Å²) >= 11 is 0. The Labute approximate surface area is 108 Å². The fraction of sp³-hybridized carbons (Fsp3) is 1.00. The van der Waals surface area contributed by atoms with Gasteiger partial charge in [-0.3, -0.25) is 0 Å². The summed E-state index contributed by atoms with van der Waals surface area (Å²) in [5.74, 6) is 1.61. The summed E-state index contributed by atoms with van der Waals surface area (Å²) in [6.07, 6.45) is 8.39. The number of nitrogens with one attached hydrogen (secondary N) is 1. The van der Waals surface area contributed by atoms with Crippen molar-refractivity contribution in [2.24, 2.45) is 11.8 Å². The second-order valence-corrected chi connectivity index (χ2v) is 5.68. The molecule has 0 aliphatic heterocycles. The van der Waals surface area contributed by atoms with Gasteiger partial charge in [0.05, 0.1) is 12.7 Å². The number of likely N-dealkylation sites (N-methyl/N-ethyl adjacent to an activating group) is 1. The Bertz CT molecular complexity index is 195. The highest BCUT2D eigenvalue weighted by atomic mass is 16.5. The van der Waals surface area contributed by atoms with Gasteiger partial charge in [0, 0.05) is 6.04 Å². The Morgan fingerprint density at radius 1 is 1.29 bits per heavy atom. The maximum Gasteiger partial charge on any atom is 0.0625 e. The summed E-state index contributed by atoms with van der Waals surface area (Å²) < 4.78 is 6.13. The highest BCUT2D eigenvalue weighted by molar-refractivity contribution is 4.75. The minimum atomic E-state index is 0.516. The first kappa shape index (κ1) is 15.0. The largest absolute Gasteiger partial charge is 0.377 e. The van der Waals surface area contributed by atoms with Crippen molar-refractivity contribution in [1.29, 1.82) is 0 Å². The lowest BCUT2D eigenvalue weighted by molar-refractivity contribution is -0.00429. The molecule has 1 saturated carbocycles. The smallest absolute Gasteiger partial charge is 0.0625 e. The number of hydrogen-bond donors (Lipinski definition) is 1. The van der Waals surface area contributed by atoms with E-state index in [9.17, 15) is 0 Å². The average Bonchev–Trinajstić information content (AvgIpc) is 2.39. The zero-order valence-electron chi connectivity index (χ0n) is 12.2. The first-order valence-electron chi connectivity index (χ1n) is 7.50. The van der Waals surface area contributed by atoms with Crippen LogP contribution in [0.3, 0.4) is 0 Å². The van der Waals surface area contributed by atoms with E-state index in [2.05, 4.69) is 33.1 Å². The van der Waals surface area contributed by atoms with Gasteiger partial charge >= 0.3 is 0 Å². The van der Waals surface area contributed by atoms with E-state index in [1.807, 2.05) is 0 Å². The lowest BCUT2D eigenvalue weighted by Gasteiger charge is -2.31. The van der Waals surface area contributed by atoms with E-state index in [1.165, 1.54) is 38.5 Å². The minimum absolute atomic E-state index is 0.516. The van der Waals surface area contributed by atoms with Gasteiger partial charge in [-0.25, -0.2) is 0 Å². The molecule has 1 aliphatic carbocycles. The summed E-state index contributed by atoms with van der Waals surface area (Å²) in [6, 6.07) is 0.516. The quantitative estimate of drug-likeness (QED) is 0.735. The van der Waals surface area contributed by atoms with Crippen LogP contribution in [0.15, 0.2) is 0 Å². The maximum atomic E-state index is 6.13. The molecule has 0 amide bonds. The Hall–Kier alpha value is -0.0800. The molecule has 1 aliphatic rings. The van der Waals surface area contributed by atoms with E-state index < -0.39 is 0 Å². The van der Waals surface area contributed by atoms with Crippen molar-refractivity contribution in [3.8, 4) is 0 Å². The van der Waals surface area contributed by atoms with Crippen molar-refractivity contribution in [1.82, 2.24) is 5.32 Å². The first-order chi connectivity index (χ1) is 8.21. The molecule has 2 nitrogen and oxygen atoms in total. The van der Waals surface area contributed by atoms with Crippen LogP contribution in [0.4, 0.5) is 0 Å². The summed E-state index contributed by atoms with van der Waals surface area (Å²) in [5.41, 5.74) is 0. The standard InChI is InChI=1S/C15H31NO/c1-5-12(3)15(16-4)11-17-14-9-7-8-13(6-2)10-14/h12-16H,5-11H2,1-4H3. The summed E-state index contributed by atoms with van der Waals surface area (Å²) in [5, 5.41) is 3.39. The molecule has 1 fully saturated rings. The summed E-state index contributed by atoms with van der Waals surface area (Å²) in [7, 11) is 2.05. The average molecular weight is 241 g/mol. The van der Waals surface area contributed by atoms with Gasteiger partial charge in [-0.2, -0.15) is 0 Å². The second kappa shape index (κ2) is 8.10. The zero-order chi connectivity index (χ0) is 12.7. The van der Waals surface area contributed by atoms with Crippen LogP contribution in [0, 0.1) is 11.8 Å². The van der Waals surface area contributed by atoms with Crippen molar-refractivity contribution in [3.63, 3.8) is 0 Å². The molecule has 0 radical (unpaired) electrons. The van der Waals surface area contributed by atoms with Gasteiger partial charge < -0.3 is 10.1 Å². The monoisotopic (exact) mass is 241 g/mol. The molecule has 1 rings (SSSR count). The first-order valence-corrected chi connectivity index (χ1v) is 7.50. The highest BCUT2D eigenvalue weighted by Crippen LogP contribution is 2.28. The van der Waals surface area contributed by atoms with Crippen molar-refractivity contribution in [2.75, 3.05) is 13.7 Å². The SMILES string of the molecule is CCC1CCCC(OCC(NC)C(C)CC)C1. The van der Waals surface area contributed by atoms with Gasteiger partial charge in [0.1, 0.15) is 0 Å². The predicted octanol–water partition coefficient (Wildman–Crippen LogP) is 3.61. The second-order valence-electron chi connectivity index (χ2n) is 5.68. The Kier molecular flexibility index (Phi) is 7.14. The van der Waals surface area contributed by atoms with Gasteiger partial charge in [0.2, 0.25) is 0 Å². The van der Waals surface area contributed by atoms with Crippen molar-refractivity contribution >= 4 is 0 Å². The maximum absolute atomic E-state index is 6.13. The molecule has 4 atom stereocenters. The van der Waals surface area contributed by atoms with Crippen LogP contribution >= 0.6 is 0 Å². The summed E-state index contributed by atoms with van der Waals surface area (Å²) in [6.45, 7) is 7.75. The summed E-state index contributed by atoms with van der Waals surface area (Å²) in [4.78, 5) is 0. The molecule has 0 aromatic rings. The van der Waals surface area contributed by atoms with Crippen LogP contribution in [0.2, 0.25) is 0 Å². The van der Waals surface area contributed by atoms with Crippen LogP contribution in [0.25, 0.3) is 0 Å². The van der Waals surface area contributed by atoms with Gasteiger partial charge in [-0.15, -0.1) is 0 Å². The van der Waals surface area contributed by atoms with Crippen molar-refractivity contribution in [2.45, 2.75) is 71.4 Å². The van der Waals surface area contributed by atoms with Gasteiger partial charge in [0.25, 0.3) is 0 Å². The molecule has 0 bridgehead atoms. The van der Waals surface area contributed by atoms with Crippen molar-refractivity contribution < 1.29 is 4.74 Å². The third kappa shape index (κ3) is 4.97. The Balaban J connectivity index is 2.28. The molecule has 0 aromatic carbocycles. The van der Waals surface area contributed by atoms with E-state index in [-0.39, 0.29) is 0 Å². The predicted molar refractivity (Wildman–Crippen MR) is 74.3 cm³/mol. The fourth-order valence-electron chi connectivity index (χ4n) is 2.82. The molecular weight excluding hydrogens is 210 g/mol. The van der Waals surface area contributed by atoms with Crippen molar-refractivity contribution in [3.05, 3.63) is 0 Å². The van der Waals surface area contributed by atoms with E-state index in [0.29, 0.717) is 18.1 Å². The third-order valence-corrected chi connectivity index (χ3v) is 4.53. The Morgan fingerprint density at radius 3 is 2.65 bits per heavy atom. The molecule has 0 saturated heterocycles. The molecule has 17 heavy (non-hydrogen) atoms. The third-order valence-electron chi connectivity index (χ3n) is 4.53. The molecule has 0 heterocycles. The zero-order valence-corrected chi connectivity index (χ0v) is 12.2. The normalized spacial score (nSPS) is 28.9. The van der Waals surface area contributed by atoms with Gasteiger partial charge in [-0.05, 0) is 31.7 Å².